The third kappa shape index (κ3) is 3.45. The number of fused-ring (bicyclic) bond motifs is 1. The van der Waals surface area contributed by atoms with E-state index >= 15 is 0 Å². The molecule has 0 spiro atoms. The molecule has 1 aromatic carbocycles. The van der Waals surface area contributed by atoms with Crippen molar-refractivity contribution in [3.05, 3.63) is 71.7 Å². The minimum atomic E-state index is 0.646. The smallest absolute Gasteiger partial charge is 0.232 e. The molecule has 3 heterocycles. The molecule has 0 unspecified atom stereocenters. The van der Waals surface area contributed by atoms with E-state index in [0.717, 1.165) is 42.5 Å². The van der Waals surface area contributed by atoms with Gasteiger partial charge in [-0.15, -0.1) is 0 Å². The fraction of sp³-hybridized carbons (Fsp3) is 0.250. The number of para-hydroxylation sites is 1. The molecule has 0 amide bonds. The lowest BCUT2D eigenvalue weighted by Crippen LogP contribution is -2.26. The molecule has 4 rings (SSSR count). The lowest BCUT2D eigenvalue weighted by atomic mass is 10.0. The topological polar surface area (TPSA) is 53.9 Å². The predicted octanol–water partition coefficient (Wildman–Crippen LogP) is 3.88. The number of pyridine rings is 1. The summed E-state index contributed by atoms with van der Waals surface area (Å²) in [6.07, 6.45) is 4.03. The predicted molar refractivity (Wildman–Crippen MR) is 100 cm³/mol. The largest absolute Gasteiger partial charge is 0.364 e. The molecule has 1 N–H and O–H groups in total. The van der Waals surface area contributed by atoms with Crippen molar-refractivity contribution < 1.29 is 0 Å². The fourth-order valence-corrected chi connectivity index (χ4v) is 3.19. The summed E-state index contributed by atoms with van der Waals surface area (Å²) < 4.78 is 0. The second kappa shape index (κ2) is 6.89. The molecular formula is C20H21N5. The van der Waals surface area contributed by atoms with Crippen molar-refractivity contribution in [1.29, 1.82) is 0 Å². The van der Waals surface area contributed by atoms with Crippen LogP contribution in [0.4, 0.5) is 17.5 Å². The monoisotopic (exact) mass is 331 g/mol. The molecule has 0 radical (unpaired) electrons. The quantitative estimate of drug-likeness (QED) is 0.786. The number of rotatable bonds is 4. The van der Waals surface area contributed by atoms with Gasteiger partial charge in [-0.1, -0.05) is 24.3 Å². The number of nitrogens with one attached hydrogen (secondary N) is 1. The van der Waals surface area contributed by atoms with Crippen molar-refractivity contribution in [2.45, 2.75) is 26.3 Å². The summed E-state index contributed by atoms with van der Waals surface area (Å²) in [6.45, 7) is 3.60. The van der Waals surface area contributed by atoms with Gasteiger partial charge in [0.1, 0.15) is 5.82 Å². The van der Waals surface area contributed by atoms with E-state index in [9.17, 15) is 0 Å². The van der Waals surface area contributed by atoms with Crippen molar-refractivity contribution in [2.75, 3.05) is 16.8 Å². The van der Waals surface area contributed by atoms with Gasteiger partial charge >= 0.3 is 0 Å². The number of benzene rings is 1. The first-order valence-corrected chi connectivity index (χ1v) is 8.64. The van der Waals surface area contributed by atoms with E-state index in [1.54, 1.807) is 6.20 Å². The van der Waals surface area contributed by atoms with Gasteiger partial charge in [0.2, 0.25) is 5.95 Å². The van der Waals surface area contributed by atoms with E-state index in [-0.39, 0.29) is 0 Å². The van der Waals surface area contributed by atoms with Gasteiger partial charge in [-0.2, -0.15) is 4.98 Å². The molecule has 0 atom stereocenters. The van der Waals surface area contributed by atoms with Gasteiger partial charge in [0.15, 0.2) is 0 Å². The van der Waals surface area contributed by atoms with Gasteiger partial charge in [0, 0.05) is 30.2 Å². The molecule has 25 heavy (non-hydrogen) atoms. The van der Waals surface area contributed by atoms with Gasteiger partial charge in [-0.05, 0) is 43.5 Å². The molecule has 0 bridgehead atoms. The number of aromatic nitrogens is 3. The SMILES string of the molecule is Cc1cc(NCc2ccccn2)nc(N2CCCc3ccccc32)n1. The number of anilines is 3. The van der Waals surface area contributed by atoms with Crippen LogP contribution in [-0.2, 0) is 13.0 Å². The average molecular weight is 331 g/mol. The average Bonchev–Trinajstić information content (AvgIpc) is 2.66. The summed E-state index contributed by atoms with van der Waals surface area (Å²) in [7, 11) is 0. The van der Waals surface area contributed by atoms with Crippen LogP contribution in [0.25, 0.3) is 0 Å². The highest BCUT2D eigenvalue weighted by atomic mass is 15.3. The fourth-order valence-electron chi connectivity index (χ4n) is 3.19. The molecule has 126 valence electrons. The van der Waals surface area contributed by atoms with Crippen molar-refractivity contribution in [3.63, 3.8) is 0 Å². The maximum atomic E-state index is 4.75. The Hall–Kier alpha value is -2.95. The van der Waals surface area contributed by atoms with E-state index < -0.39 is 0 Å². The molecule has 2 aromatic heterocycles. The van der Waals surface area contributed by atoms with Gasteiger partial charge in [0.05, 0.1) is 12.2 Å². The van der Waals surface area contributed by atoms with Crippen LogP contribution in [-0.4, -0.2) is 21.5 Å². The highest BCUT2D eigenvalue weighted by Crippen LogP contribution is 2.31. The summed E-state index contributed by atoms with van der Waals surface area (Å²) in [6, 6.07) is 16.4. The van der Waals surface area contributed by atoms with Crippen LogP contribution in [0.15, 0.2) is 54.7 Å². The van der Waals surface area contributed by atoms with Gasteiger partial charge in [0.25, 0.3) is 0 Å². The van der Waals surface area contributed by atoms with E-state index in [2.05, 4.69) is 44.5 Å². The van der Waals surface area contributed by atoms with E-state index in [1.165, 1.54) is 11.3 Å². The van der Waals surface area contributed by atoms with E-state index in [4.69, 9.17) is 4.98 Å². The Bertz CT molecular complexity index is 863. The summed E-state index contributed by atoms with van der Waals surface area (Å²) >= 11 is 0. The minimum absolute atomic E-state index is 0.646. The van der Waals surface area contributed by atoms with Crippen molar-refractivity contribution in [1.82, 2.24) is 15.0 Å². The van der Waals surface area contributed by atoms with Crippen LogP contribution in [0.1, 0.15) is 23.4 Å². The zero-order valence-corrected chi connectivity index (χ0v) is 14.3. The zero-order chi connectivity index (χ0) is 17.1. The van der Waals surface area contributed by atoms with Crippen LogP contribution in [0, 0.1) is 6.92 Å². The Labute approximate surface area is 147 Å². The molecule has 1 aliphatic heterocycles. The summed E-state index contributed by atoms with van der Waals surface area (Å²) in [4.78, 5) is 16.0. The molecular weight excluding hydrogens is 310 g/mol. The summed E-state index contributed by atoms with van der Waals surface area (Å²) in [5.41, 5.74) is 4.53. The minimum Gasteiger partial charge on any atom is -0.364 e. The number of nitrogens with zero attached hydrogens (tertiary/aromatic N) is 4. The van der Waals surface area contributed by atoms with Gasteiger partial charge < -0.3 is 10.2 Å². The Kier molecular flexibility index (Phi) is 4.29. The summed E-state index contributed by atoms with van der Waals surface area (Å²) in [5, 5.41) is 3.36. The summed E-state index contributed by atoms with van der Waals surface area (Å²) in [5.74, 6) is 1.59. The van der Waals surface area contributed by atoms with Crippen LogP contribution in [0.2, 0.25) is 0 Å². The molecule has 5 nitrogen and oxygen atoms in total. The molecule has 3 aromatic rings. The zero-order valence-electron chi connectivity index (χ0n) is 14.3. The first-order valence-electron chi connectivity index (χ1n) is 8.64. The highest BCUT2D eigenvalue weighted by Gasteiger charge is 2.20. The third-order valence-corrected chi connectivity index (χ3v) is 4.37. The highest BCUT2D eigenvalue weighted by molar-refractivity contribution is 5.64. The number of aryl methyl sites for hydroxylation is 2. The first-order chi connectivity index (χ1) is 12.3. The van der Waals surface area contributed by atoms with Gasteiger partial charge in [-0.25, -0.2) is 4.98 Å². The van der Waals surface area contributed by atoms with Crippen LogP contribution in [0.3, 0.4) is 0 Å². The maximum absolute atomic E-state index is 4.75. The van der Waals surface area contributed by atoms with E-state index in [0.29, 0.717) is 6.54 Å². The van der Waals surface area contributed by atoms with E-state index in [1.807, 2.05) is 31.2 Å². The normalized spacial score (nSPS) is 13.4. The Morgan fingerprint density at radius 3 is 2.84 bits per heavy atom. The molecule has 0 saturated heterocycles. The van der Waals surface area contributed by atoms with Crippen molar-refractivity contribution >= 4 is 17.5 Å². The standard InChI is InChI=1S/C20H21N5/c1-15-13-19(22-14-17-9-4-5-11-21-17)24-20(23-15)25-12-6-8-16-7-2-3-10-18(16)25/h2-5,7,9-11,13H,6,8,12,14H2,1H3,(H,22,23,24). The van der Waals surface area contributed by atoms with Gasteiger partial charge in [-0.3, -0.25) is 4.98 Å². The number of hydrogen-bond donors (Lipinski definition) is 1. The third-order valence-electron chi connectivity index (χ3n) is 4.37. The molecule has 0 saturated carbocycles. The maximum Gasteiger partial charge on any atom is 0.232 e. The van der Waals surface area contributed by atoms with Crippen LogP contribution >= 0.6 is 0 Å². The van der Waals surface area contributed by atoms with Crippen molar-refractivity contribution in [2.24, 2.45) is 0 Å². The van der Waals surface area contributed by atoms with Crippen LogP contribution in [0.5, 0.6) is 0 Å². The first kappa shape index (κ1) is 15.6. The molecule has 0 fully saturated rings. The van der Waals surface area contributed by atoms with Crippen LogP contribution < -0.4 is 10.2 Å². The second-order valence-electron chi connectivity index (χ2n) is 6.25. The Morgan fingerprint density at radius 2 is 1.96 bits per heavy atom. The number of hydrogen-bond acceptors (Lipinski definition) is 5. The molecule has 1 aliphatic rings. The lowest BCUT2D eigenvalue weighted by molar-refractivity contribution is 0.749. The Balaban J connectivity index is 1.60. The lowest BCUT2D eigenvalue weighted by Gasteiger charge is -2.29. The molecule has 0 aliphatic carbocycles. The Morgan fingerprint density at radius 1 is 1.08 bits per heavy atom. The second-order valence-corrected chi connectivity index (χ2v) is 6.25. The van der Waals surface area contributed by atoms with Crippen molar-refractivity contribution in [3.8, 4) is 0 Å². The molecule has 5 heteroatoms.